The van der Waals surface area contributed by atoms with Crippen LogP contribution in [0.25, 0.3) is 0 Å². The standard InChI is InChI=1S/C21H24ClN3O4/c1-21(2,3)29-20(28)24-13-18(26)25-17-9-7-14(8-10-17)12-23-19(27)15-5-4-6-16(22)11-15/h4-11H,12-13H2,1-3H3,(H,23,27)(H,24,28)(H,25,26). The molecule has 3 amide bonds. The van der Waals surface area contributed by atoms with Crippen LogP contribution in [0.1, 0.15) is 36.7 Å². The highest BCUT2D eigenvalue weighted by Gasteiger charge is 2.16. The van der Waals surface area contributed by atoms with Gasteiger partial charge in [0.15, 0.2) is 0 Å². The molecule has 8 heteroatoms. The lowest BCUT2D eigenvalue weighted by atomic mass is 10.2. The maximum Gasteiger partial charge on any atom is 0.408 e. The van der Waals surface area contributed by atoms with E-state index < -0.39 is 11.7 Å². The first-order valence-corrected chi connectivity index (χ1v) is 9.39. The Morgan fingerprint density at radius 2 is 1.69 bits per heavy atom. The van der Waals surface area contributed by atoms with Crippen molar-refractivity contribution in [1.82, 2.24) is 10.6 Å². The molecule has 154 valence electrons. The van der Waals surface area contributed by atoms with E-state index in [-0.39, 0.29) is 18.4 Å². The molecule has 0 unspecified atom stereocenters. The first-order valence-electron chi connectivity index (χ1n) is 9.02. The molecular formula is C21H24ClN3O4. The second-order valence-electron chi connectivity index (χ2n) is 7.29. The minimum atomic E-state index is -0.654. The van der Waals surface area contributed by atoms with Gasteiger partial charge in [0.25, 0.3) is 5.91 Å². The van der Waals surface area contributed by atoms with E-state index in [1.165, 1.54) is 0 Å². The smallest absolute Gasteiger partial charge is 0.408 e. The van der Waals surface area contributed by atoms with Crippen LogP contribution < -0.4 is 16.0 Å². The molecule has 0 heterocycles. The van der Waals surface area contributed by atoms with Gasteiger partial charge in [0.2, 0.25) is 5.91 Å². The van der Waals surface area contributed by atoms with Crippen LogP contribution in [0.15, 0.2) is 48.5 Å². The molecule has 0 saturated carbocycles. The molecule has 0 aliphatic heterocycles. The molecule has 0 aliphatic carbocycles. The Kier molecular flexibility index (Phi) is 7.61. The summed E-state index contributed by atoms with van der Waals surface area (Å²) in [5, 5.41) is 8.37. The Labute approximate surface area is 174 Å². The summed E-state index contributed by atoms with van der Waals surface area (Å²) in [6, 6.07) is 13.7. The largest absolute Gasteiger partial charge is 0.444 e. The Morgan fingerprint density at radius 3 is 2.31 bits per heavy atom. The van der Waals surface area contributed by atoms with Crippen molar-refractivity contribution in [2.24, 2.45) is 0 Å². The van der Waals surface area contributed by atoms with Gasteiger partial charge in [-0.3, -0.25) is 9.59 Å². The molecule has 3 N–H and O–H groups in total. The maximum absolute atomic E-state index is 12.1. The first-order chi connectivity index (χ1) is 13.6. The van der Waals surface area contributed by atoms with Gasteiger partial charge in [-0.15, -0.1) is 0 Å². The third-order valence-electron chi connectivity index (χ3n) is 3.57. The predicted octanol–water partition coefficient (Wildman–Crippen LogP) is 3.73. The van der Waals surface area contributed by atoms with Crippen LogP contribution in [-0.2, 0) is 16.1 Å². The van der Waals surface area contributed by atoms with Crippen molar-refractivity contribution in [3.63, 3.8) is 0 Å². The normalized spacial score (nSPS) is 10.8. The van der Waals surface area contributed by atoms with Gasteiger partial charge in [0.05, 0.1) is 0 Å². The summed E-state index contributed by atoms with van der Waals surface area (Å²) in [6.07, 6.45) is -0.654. The summed E-state index contributed by atoms with van der Waals surface area (Å²) >= 11 is 5.89. The fraction of sp³-hybridized carbons (Fsp3) is 0.286. The number of carbonyl (C=O) groups is 3. The van der Waals surface area contributed by atoms with Gasteiger partial charge in [-0.2, -0.15) is 0 Å². The zero-order chi connectivity index (χ0) is 21.4. The number of rotatable bonds is 6. The Hall–Kier alpha value is -3.06. The number of carbonyl (C=O) groups excluding carboxylic acids is 3. The topological polar surface area (TPSA) is 96.5 Å². The number of alkyl carbamates (subject to hydrolysis) is 1. The molecular weight excluding hydrogens is 394 g/mol. The monoisotopic (exact) mass is 417 g/mol. The second kappa shape index (κ2) is 9.93. The molecule has 0 saturated heterocycles. The molecule has 0 aromatic heterocycles. The van der Waals surface area contributed by atoms with Gasteiger partial charge >= 0.3 is 6.09 Å². The number of nitrogens with one attached hydrogen (secondary N) is 3. The van der Waals surface area contributed by atoms with Crippen LogP contribution in [0, 0.1) is 0 Å². The summed E-state index contributed by atoms with van der Waals surface area (Å²) < 4.78 is 5.07. The molecule has 7 nitrogen and oxygen atoms in total. The minimum Gasteiger partial charge on any atom is -0.444 e. The van der Waals surface area contributed by atoms with Crippen LogP contribution in [-0.4, -0.2) is 30.1 Å². The van der Waals surface area contributed by atoms with Crippen molar-refractivity contribution in [3.05, 3.63) is 64.7 Å². The predicted molar refractivity (Wildman–Crippen MR) is 112 cm³/mol. The Balaban J connectivity index is 1.78. The van der Waals surface area contributed by atoms with Crippen molar-refractivity contribution in [2.45, 2.75) is 32.9 Å². The molecule has 0 aliphatic rings. The van der Waals surface area contributed by atoms with Crippen molar-refractivity contribution >= 4 is 35.2 Å². The molecule has 0 radical (unpaired) electrons. The average molecular weight is 418 g/mol. The lowest BCUT2D eigenvalue weighted by Crippen LogP contribution is -2.37. The van der Waals surface area contributed by atoms with Gasteiger partial charge in [-0.25, -0.2) is 4.79 Å². The summed E-state index contributed by atoms with van der Waals surface area (Å²) in [5.41, 5.74) is 1.30. The van der Waals surface area contributed by atoms with Crippen LogP contribution in [0.5, 0.6) is 0 Å². The van der Waals surface area contributed by atoms with Crippen LogP contribution in [0.3, 0.4) is 0 Å². The van der Waals surface area contributed by atoms with Crippen molar-refractivity contribution in [2.75, 3.05) is 11.9 Å². The molecule has 2 rings (SSSR count). The quantitative estimate of drug-likeness (QED) is 0.667. The summed E-state index contributed by atoms with van der Waals surface area (Å²) in [4.78, 5) is 35.6. The summed E-state index contributed by atoms with van der Waals surface area (Å²) in [5.74, 6) is -0.601. The highest BCUT2D eigenvalue weighted by atomic mass is 35.5. The maximum atomic E-state index is 12.1. The molecule has 29 heavy (non-hydrogen) atoms. The van der Waals surface area contributed by atoms with E-state index in [0.717, 1.165) is 5.56 Å². The summed E-state index contributed by atoms with van der Waals surface area (Å²) in [6.45, 7) is 5.36. The minimum absolute atomic E-state index is 0.202. The van der Waals surface area contributed by atoms with E-state index in [1.807, 2.05) is 0 Å². The highest BCUT2D eigenvalue weighted by Crippen LogP contribution is 2.12. The van der Waals surface area contributed by atoms with Crippen LogP contribution >= 0.6 is 11.6 Å². The third-order valence-corrected chi connectivity index (χ3v) is 3.80. The van der Waals surface area contributed by atoms with Crippen molar-refractivity contribution < 1.29 is 19.1 Å². The number of halogens is 1. The van der Waals surface area contributed by atoms with E-state index in [4.69, 9.17) is 16.3 Å². The average Bonchev–Trinajstić information content (AvgIpc) is 2.64. The van der Waals surface area contributed by atoms with E-state index in [1.54, 1.807) is 69.3 Å². The highest BCUT2D eigenvalue weighted by molar-refractivity contribution is 6.30. The molecule has 0 atom stereocenters. The van der Waals surface area contributed by atoms with Crippen LogP contribution in [0.2, 0.25) is 5.02 Å². The van der Waals surface area contributed by atoms with Gasteiger partial charge in [-0.1, -0.05) is 29.8 Å². The van der Waals surface area contributed by atoms with E-state index >= 15 is 0 Å². The lowest BCUT2D eigenvalue weighted by molar-refractivity contribution is -0.115. The summed E-state index contributed by atoms with van der Waals surface area (Å²) in [7, 11) is 0. The number of hydrogen-bond acceptors (Lipinski definition) is 4. The number of benzene rings is 2. The fourth-order valence-electron chi connectivity index (χ4n) is 2.29. The lowest BCUT2D eigenvalue weighted by Gasteiger charge is -2.19. The van der Waals surface area contributed by atoms with E-state index in [9.17, 15) is 14.4 Å². The van der Waals surface area contributed by atoms with E-state index in [2.05, 4.69) is 16.0 Å². The van der Waals surface area contributed by atoms with Crippen molar-refractivity contribution in [1.29, 1.82) is 0 Å². The Morgan fingerprint density at radius 1 is 1.00 bits per heavy atom. The zero-order valence-electron chi connectivity index (χ0n) is 16.5. The number of anilines is 1. The first kappa shape index (κ1) is 22.2. The number of hydrogen-bond donors (Lipinski definition) is 3. The number of amides is 3. The Bertz CT molecular complexity index is 876. The molecule has 2 aromatic carbocycles. The second-order valence-corrected chi connectivity index (χ2v) is 7.73. The van der Waals surface area contributed by atoms with Crippen LogP contribution in [0.4, 0.5) is 10.5 Å². The SMILES string of the molecule is CC(C)(C)OC(=O)NCC(=O)Nc1ccc(CNC(=O)c2cccc(Cl)c2)cc1. The zero-order valence-corrected chi connectivity index (χ0v) is 17.3. The van der Waals surface area contributed by atoms with Gasteiger partial charge < -0.3 is 20.7 Å². The van der Waals surface area contributed by atoms with Crippen molar-refractivity contribution in [3.8, 4) is 0 Å². The number of ether oxygens (including phenoxy) is 1. The third kappa shape index (κ3) is 8.23. The van der Waals surface area contributed by atoms with E-state index in [0.29, 0.717) is 22.8 Å². The van der Waals surface area contributed by atoms with Gasteiger partial charge in [0.1, 0.15) is 12.1 Å². The molecule has 0 bridgehead atoms. The van der Waals surface area contributed by atoms with Gasteiger partial charge in [-0.05, 0) is 56.7 Å². The molecule has 0 spiro atoms. The molecule has 0 fully saturated rings. The van der Waals surface area contributed by atoms with Gasteiger partial charge in [0, 0.05) is 22.8 Å². The fourth-order valence-corrected chi connectivity index (χ4v) is 2.48. The molecule has 2 aromatic rings.